The van der Waals surface area contributed by atoms with E-state index in [1.807, 2.05) is 18.2 Å². The Morgan fingerprint density at radius 3 is 2.52 bits per heavy atom. The second-order valence-corrected chi connectivity index (χ2v) is 6.67. The molecule has 132 valence electrons. The number of aromatic amines is 1. The largest absolute Gasteiger partial charge is 0.348 e. The van der Waals surface area contributed by atoms with Gasteiger partial charge in [0, 0.05) is 18.8 Å². The van der Waals surface area contributed by atoms with Crippen LogP contribution in [0.1, 0.15) is 46.4 Å². The first kappa shape index (κ1) is 17.4. The highest BCUT2D eigenvalue weighted by Crippen LogP contribution is 2.16. The van der Waals surface area contributed by atoms with Crippen LogP contribution in [0.4, 0.5) is 0 Å². The molecule has 3 rings (SSSR count). The third-order valence-corrected chi connectivity index (χ3v) is 4.70. The fourth-order valence-electron chi connectivity index (χ4n) is 3.26. The Kier molecular flexibility index (Phi) is 5.66. The van der Waals surface area contributed by atoms with Crippen LogP contribution in [-0.4, -0.2) is 28.9 Å². The smallest absolute Gasteiger partial charge is 0.260 e. The topological polar surface area (TPSA) is 65.2 Å². The van der Waals surface area contributed by atoms with E-state index >= 15 is 0 Å². The van der Waals surface area contributed by atoms with Crippen LogP contribution < -0.4 is 10.9 Å². The number of nitrogens with zero attached hydrogens (tertiary/aromatic N) is 1. The van der Waals surface area contributed by atoms with Crippen LogP contribution in [0.5, 0.6) is 0 Å². The lowest BCUT2D eigenvalue weighted by atomic mass is 10.0. The molecule has 1 fully saturated rings. The Morgan fingerprint density at radius 2 is 1.80 bits per heavy atom. The summed E-state index contributed by atoms with van der Waals surface area (Å²) in [6, 6.07) is 11.5. The van der Waals surface area contributed by atoms with E-state index in [-0.39, 0.29) is 17.0 Å². The molecule has 1 aliphatic rings. The van der Waals surface area contributed by atoms with Crippen LogP contribution in [-0.2, 0) is 13.1 Å². The number of carbonyl (C=O) groups is 1. The maximum Gasteiger partial charge on any atom is 0.260 e. The van der Waals surface area contributed by atoms with E-state index in [1.165, 1.54) is 24.8 Å². The molecule has 1 saturated heterocycles. The number of pyridine rings is 1. The number of amides is 1. The molecule has 0 unspecified atom stereocenters. The van der Waals surface area contributed by atoms with Gasteiger partial charge in [-0.05, 0) is 56.1 Å². The first-order valence-electron chi connectivity index (χ1n) is 8.91. The van der Waals surface area contributed by atoms with Gasteiger partial charge >= 0.3 is 0 Å². The number of hydrogen-bond donors (Lipinski definition) is 2. The zero-order chi connectivity index (χ0) is 17.6. The lowest BCUT2D eigenvalue weighted by molar-refractivity contribution is 0.0949. The van der Waals surface area contributed by atoms with Crippen molar-refractivity contribution in [3.8, 4) is 0 Å². The van der Waals surface area contributed by atoms with Crippen molar-refractivity contribution in [2.45, 2.75) is 39.3 Å². The van der Waals surface area contributed by atoms with Crippen LogP contribution in [0.2, 0.25) is 0 Å². The molecule has 1 aliphatic heterocycles. The fourth-order valence-corrected chi connectivity index (χ4v) is 3.26. The second kappa shape index (κ2) is 8.12. The highest BCUT2D eigenvalue weighted by Gasteiger charge is 2.14. The van der Waals surface area contributed by atoms with Gasteiger partial charge in [-0.15, -0.1) is 0 Å². The van der Waals surface area contributed by atoms with Crippen LogP contribution in [0.3, 0.4) is 0 Å². The Hall–Kier alpha value is -2.40. The lowest BCUT2D eigenvalue weighted by Crippen LogP contribution is -2.31. The van der Waals surface area contributed by atoms with Gasteiger partial charge in [-0.1, -0.05) is 30.7 Å². The lowest BCUT2D eigenvalue weighted by Gasteiger charge is -2.27. The molecular weight excluding hydrogens is 314 g/mol. The Labute approximate surface area is 148 Å². The molecular formula is C20H25N3O2. The van der Waals surface area contributed by atoms with E-state index in [0.717, 1.165) is 30.9 Å². The molecule has 1 amide bonds. The van der Waals surface area contributed by atoms with Gasteiger partial charge in [0.1, 0.15) is 5.56 Å². The first-order chi connectivity index (χ1) is 12.1. The standard InChI is InChI=1S/C20H25N3O2/c1-15-9-10-18(20(25)22-15)19(24)21-13-16-7-3-4-8-17(16)14-23-11-5-2-6-12-23/h3-4,7-10H,2,5-6,11-14H2,1H3,(H,21,24)(H,22,25). The van der Waals surface area contributed by atoms with E-state index in [0.29, 0.717) is 6.54 Å². The maximum atomic E-state index is 12.3. The average molecular weight is 339 g/mol. The third kappa shape index (κ3) is 4.57. The molecule has 0 aliphatic carbocycles. The first-order valence-corrected chi connectivity index (χ1v) is 8.91. The predicted octanol–water partition coefficient (Wildman–Crippen LogP) is 2.60. The van der Waals surface area contributed by atoms with Crippen molar-refractivity contribution in [3.05, 3.63) is 69.1 Å². The minimum absolute atomic E-state index is 0.152. The normalized spacial score (nSPS) is 15.1. The van der Waals surface area contributed by atoms with Gasteiger partial charge in [-0.3, -0.25) is 14.5 Å². The summed E-state index contributed by atoms with van der Waals surface area (Å²) < 4.78 is 0. The Balaban J connectivity index is 1.66. The minimum atomic E-state index is -0.348. The van der Waals surface area contributed by atoms with Crippen molar-refractivity contribution in [2.75, 3.05) is 13.1 Å². The zero-order valence-corrected chi connectivity index (χ0v) is 14.7. The monoisotopic (exact) mass is 339 g/mol. The molecule has 25 heavy (non-hydrogen) atoms. The number of benzene rings is 1. The SMILES string of the molecule is Cc1ccc(C(=O)NCc2ccccc2CN2CCCCC2)c(=O)[nH]1. The maximum absolute atomic E-state index is 12.3. The second-order valence-electron chi connectivity index (χ2n) is 6.67. The quantitative estimate of drug-likeness (QED) is 0.880. The number of aromatic nitrogens is 1. The highest BCUT2D eigenvalue weighted by molar-refractivity contribution is 5.93. The minimum Gasteiger partial charge on any atom is -0.348 e. The van der Waals surface area contributed by atoms with Gasteiger partial charge < -0.3 is 10.3 Å². The summed E-state index contributed by atoms with van der Waals surface area (Å²) in [6.07, 6.45) is 3.84. The Bertz CT molecular complexity index is 792. The number of carbonyl (C=O) groups excluding carboxylic acids is 1. The number of rotatable bonds is 5. The number of H-pyrrole nitrogens is 1. The van der Waals surface area contributed by atoms with Crippen LogP contribution in [0.25, 0.3) is 0 Å². The molecule has 2 N–H and O–H groups in total. The fraction of sp³-hybridized carbons (Fsp3) is 0.400. The molecule has 0 spiro atoms. The summed E-state index contributed by atoms with van der Waals surface area (Å²) in [6.45, 7) is 5.41. The number of hydrogen-bond acceptors (Lipinski definition) is 3. The third-order valence-electron chi connectivity index (χ3n) is 4.70. The number of likely N-dealkylation sites (tertiary alicyclic amines) is 1. The Morgan fingerprint density at radius 1 is 1.08 bits per heavy atom. The van der Waals surface area contributed by atoms with E-state index in [2.05, 4.69) is 21.3 Å². The van der Waals surface area contributed by atoms with Gasteiger partial charge in [-0.25, -0.2) is 0 Å². The predicted molar refractivity (Wildman–Crippen MR) is 98.5 cm³/mol. The summed E-state index contributed by atoms with van der Waals surface area (Å²) in [4.78, 5) is 29.3. The molecule has 0 saturated carbocycles. The zero-order valence-electron chi connectivity index (χ0n) is 14.7. The van der Waals surface area contributed by atoms with Gasteiger partial charge in [-0.2, -0.15) is 0 Å². The van der Waals surface area contributed by atoms with Gasteiger partial charge in [0.05, 0.1) is 0 Å². The summed E-state index contributed by atoms with van der Waals surface area (Å²) in [7, 11) is 0. The summed E-state index contributed by atoms with van der Waals surface area (Å²) >= 11 is 0. The molecule has 1 aromatic carbocycles. The van der Waals surface area contributed by atoms with Crippen molar-refractivity contribution in [2.24, 2.45) is 0 Å². The van der Waals surface area contributed by atoms with Crippen molar-refractivity contribution in [1.29, 1.82) is 0 Å². The summed E-state index contributed by atoms with van der Waals surface area (Å²) in [5, 5.41) is 2.88. The van der Waals surface area contributed by atoms with Gasteiger partial charge in [0.15, 0.2) is 0 Å². The van der Waals surface area contributed by atoms with E-state index in [9.17, 15) is 9.59 Å². The summed E-state index contributed by atoms with van der Waals surface area (Å²) in [5.41, 5.74) is 2.89. The van der Waals surface area contributed by atoms with Crippen LogP contribution in [0, 0.1) is 6.92 Å². The molecule has 0 atom stereocenters. The number of nitrogens with one attached hydrogen (secondary N) is 2. The number of piperidine rings is 1. The van der Waals surface area contributed by atoms with Crippen LogP contribution in [0.15, 0.2) is 41.2 Å². The van der Waals surface area contributed by atoms with Crippen LogP contribution >= 0.6 is 0 Å². The molecule has 2 aromatic rings. The molecule has 5 nitrogen and oxygen atoms in total. The molecule has 2 heterocycles. The van der Waals surface area contributed by atoms with E-state index < -0.39 is 0 Å². The van der Waals surface area contributed by atoms with Crippen molar-refractivity contribution in [3.63, 3.8) is 0 Å². The molecule has 0 radical (unpaired) electrons. The molecule has 1 aromatic heterocycles. The molecule has 0 bridgehead atoms. The highest BCUT2D eigenvalue weighted by atomic mass is 16.2. The summed E-state index contributed by atoms with van der Waals surface area (Å²) in [5.74, 6) is -0.339. The van der Waals surface area contributed by atoms with Gasteiger partial charge in [0.25, 0.3) is 11.5 Å². The van der Waals surface area contributed by atoms with Crippen molar-refractivity contribution < 1.29 is 4.79 Å². The number of aryl methyl sites for hydroxylation is 1. The van der Waals surface area contributed by atoms with Gasteiger partial charge in [0.2, 0.25) is 0 Å². The van der Waals surface area contributed by atoms with Crippen molar-refractivity contribution in [1.82, 2.24) is 15.2 Å². The molecule has 5 heteroatoms. The van der Waals surface area contributed by atoms with Crippen molar-refractivity contribution >= 4 is 5.91 Å². The van der Waals surface area contributed by atoms with E-state index in [4.69, 9.17) is 0 Å². The van der Waals surface area contributed by atoms with E-state index in [1.54, 1.807) is 19.1 Å². The average Bonchev–Trinajstić information content (AvgIpc) is 2.61.